The van der Waals surface area contributed by atoms with E-state index in [2.05, 4.69) is 21.9 Å². The Hall–Kier alpha value is -2.08. The number of nitrogens with one attached hydrogen (secondary N) is 1. The molecule has 20 heavy (non-hydrogen) atoms. The Bertz CT molecular complexity index is 630. The Balaban J connectivity index is 1.96. The summed E-state index contributed by atoms with van der Waals surface area (Å²) in [6.45, 7) is 4.03. The van der Waals surface area contributed by atoms with Gasteiger partial charge >= 0.3 is 0 Å². The molecule has 104 valence electrons. The summed E-state index contributed by atoms with van der Waals surface area (Å²) in [5.74, 6) is 2.01. The average Bonchev–Trinajstić information content (AvgIpc) is 2.45. The van der Waals surface area contributed by atoms with Crippen molar-refractivity contribution >= 4 is 34.4 Å². The van der Waals surface area contributed by atoms with Crippen LogP contribution < -0.4 is 11.1 Å². The summed E-state index contributed by atoms with van der Waals surface area (Å²) < 4.78 is 0. The monoisotopic (exact) mass is 288 g/mol. The topological polar surface area (TPSA) is 80.9 Å². The van der Waals surface area contributed by atoms with Gasteiger partial charge in [0.05, 0.1) is 17.0 Å². The molecule has 0 atom stereocenters. The van der Waals surface area contributed by atoms with E-state index in [1.54, 1.807) is 6.08 Å². The molecule has 0 spiro atoms. The highest BCUT2D eigenvalue weighted by Gasteiger charge is 2.06. The molecule has 1 heterocycles. The van der Waals surface area contributed by atoms with Crippen molar-refractivity contribution in [3.05, 3.63) is 42.7 Å². The summed E-state index contributed by atoms with van der Waals surface area (Å²) in [5.41, 5.74) is 6.73. The first-order valence-corrected chi connectivity index (χ1v) is 7.32. The Morgan fingerprint density at radius 3 is 3.00 bits per heavy atom. The molecule has 0 aliphatic heterocycles. The predicted molar refractivity (Wildman–Crippen MR) is 83.3 cm³/mol. The minimum atomic E-state index is -0.0244. The summed E-state index contributed by atoms with van der Waals surface area (Å²) in [6.07, 6.45) is 1.65. The Kier molecular flexibility index (Phi) is 4.95. The quantitative estimate of drug-likeness (QED) is 0.791. The van der Waals surface area contributed by atoms with Gasteiger partial charge in [-0.2, -0.15) is 0 Å². The lowest BCUT2D eigenvalue weighted by atomic mass is 10.2. The number of hydrogen-bond acceptors (Lipinski definition) is 5. The predicted octanol–water partition coefficient (Wildman–Crippen LogP) is 1.75. The third kappa shape index (κ3) is 3.71. The molecule has 0 fully saturated rings. The molecule has 1 aromatic heterocycles. The summed E-state index contributed by atoms with van der Waals surface area (Å²) in [4.78, 5) is 20.1. The van der Waals surface area contributed by atoms with Crippen molar-refractivity contribution in [2.24, 2.45) is 0 Å². The maximum absolute atomic E-state index is 11.4. The number of para-hydroxylation sites is 1. The van der Waals surface area contributed by atoms with Gasteiger partial charge in [0.15, 0.2) is 0 Å². The van der Waals surface area contributed by atoms with Gasteiger partial charge in [-0.25, -0.2) is 9.97 Å². The molecule has 0 aliphatic rings. The van der Waals surface area contributed by atoms with Crippen LogP contribution in [-0.4, -0.2) is 28.2 Å². The highest BCUT2D eigenvalue weighted by Crippen LogP contribution is 2.19. The number of amides is 1. The van der Waals surface area contributed by atoms with Crippen LogP contribution in [0.2, 0.25) is 0 Å². The van der Waals surface area contributed by atoms with Gasteiger partial charge in [-0.15, -0.1) is 18.3 Å². The van der Waals surface area contributed by atoms with Gasteiger partial charge in [0, 0.05) is 11.9 Å². The number of nitrogens with zero attached hydrogens (tertiary/aromatic N) is 2. The summed E-state index contributed by atoms with van der Waals surface area (Å²) in [5, 5.41) is 3.57. The molecule has 1 aromatic carbocycles. The number of hydrogen-bond donors (Lipinski definition) is 2. The molecule has 0 aliphatic carbocycles. The van der Waals surface area contributed by atoms with Gasteiger partial charge in [-0.3, -0.25) is 4.79 Å². The molecular weight excluding hydrogens is 272 g/mol. The van der Waals surface area contributed by atoms with E-state index in [4.69, 9.17) is 5.73 Å². The number of fused-ring (bicyclic) bond motifs is 1. The third-order valence-electron chi connectivity index (χ3n) is 2.59. The summed E-state index contributed by atoms with van der Waals surface area (Å²) >= 11 is 1.46. The molecule has 0 saturated carbocycles. The maximum atomic E-state index is 11.4. The van der Waals surface area contributed by atoms with Crippen LogP contribution in [0.5, 0.6) is 0 Å². The van der Waals surface area contributed by atoms with Gasteiger partial charge in [0.25, 0.3) is 0 Å². The zero-order valence-corrected chi connectivity index (χ0v) is 11.8. The van der Waals surface area contributed by atoms with Crippen LogP contribution in [0.1, 0.15) is 5.82 Å². The number of nitrogen functional groups attached to an aromatic ring is 1. The van der Waals surface area contributed by atoms with Crippen LogP contribution >= 0.6 is 11.8 Å². The largest absolute Gasteiger partial charge is 0.383 e. The minimum Gasteiger partial charge on any atom is -0.383 e. The van der Waals surface area contributed by atoms with E-state index in [1.165, 1.54) is 11.8 Å². The third-order valence-corrected chi connectivity index (χ3v) is 3.52. The highest BCUT2D eigenvalue weighted by atomic mass is 32.2. The number of thioether (sulfide) groups is 1. The molecule has 0 saturated heterocycles. The second kappa shape index (κ2) is 6.91. The van der Waals surface area contributed by atoms with E-state index in [1.807, 2.05) is 24.3 Å². The van der Waals surface area contributed by atoms with Crippen molar-refractivity contribution in [3.63, 3.8) is 0 Å². The van der Waals surface area contributed by atoms with Gasteiger partial charge in [-0.05, 0) is 12.1 Å². The van der Waals surface area contributed by atoms with E-state index in [-0.39, 0.29) is 5.91 Å². The molecule has 0 unspecified atom stereocenters. The number of carbonyl (C=O) groups is 1. The van der Waals surface area contributed by atoms with Gasteiger partial charge < -0.3 is 11.1 Å². The number of anilines is 1. The Morgan fingerprint density at radius 1 is 1.40 bits per heavy atom. The van der Waals surface area contributed by atoms with Crippen LogP contribution in [0.3, 0.4) is 0 Å². The minimum absolute atomic E-state index is 0.0244. The molecule has 0 bridgehead atoms. The average molecular weight is 288 g/mol. The van der Waals surface area contributed by atoms with E-state index < -0.39 is 0 Å². The summed E-state index contributed by atoms with van der Waals surface area (Å²) in [6, 6.07) is 7.61. The zero-order valence-electron chi connectivity index (χ0n) is 11.0. The number of rotatable bonds is 6. The Morgan fingerprint density at radius 2 is 2.20 bits per heavy atom. The van der Waals surface area contributed by atoms with Crippen molar-refractivity contribution < 1.29 is 4.79 Å². The fraction of sp³-hybridized carbons (Fsp3) is 0.214. The molecular formula is C14H16N4OS. The number of nitrogens with two attached hydrogens (primary N) is 1. The van der Waals surface area contributed by atoms with Gasteiger partial charge in [0.2, 0.25) is 5.91 Å². The summed E-state index contributed by atoms with van der Waals surface area (Å²) in [7, 11) is 0. The zero-order chi connectivity index (χ0) is 14.4. The van der Waals surface area contributed by atoms with Crippen LogP contribution in [0.25, 0.3) is 10.9 Å². The van der Waals surface area contributed by atoms with Gasteiger partial charge in [-0.1, -0.05) is 18.2 Å². The molecule has 2 rings (SSSR count). The normalized spacial score (nSPS) is 10.4. The molecule has 6 heteroatoms. The first kappa shape index (κ1) is 14.3. The lowest BCUT2D eigenvalue weighted by Gasteiger charge is -2.05. The fourth-order valence-corrected chi connectivity index (χ4v) is 2.39. The highest BCUT2D eigenvalue weighted by molar-refractivity contribution is 7.99. The Labute approximate surface area is 121 Å². The smallest absolute Gasteiger partial charge is 0.230 e. The number of carbonyl (C=O) groups excluding carboxylic acids is 1. The van der Waals surface area contributed by atoms with Crippen LogP contribution in [0, 0.1) is 0 Å². The second-order valence-corrected chi connectivity index (χ2v) is 5.11. The molecule has 2 aromatic rings. The van der Waals surface area contributed by atoms with E-state index in [9.17, 15) is 4.79 Å². The van der Waals surface area contributed by atoms with E-state index in [0.29, 0.717) is 29.7 Å². The molecule has 5 nitrogen and oxygen atoms in total. The second-order valence-electron chi connectivity index (χ2n) is 4.13. The van der Waals surface area contributed by atoms with E-state index >= 15 is 0 Å². The molecule has 3 N–H and O–H groups in total. The van der Waals surface area contributed by atoms with Crippen molar-refractivity contribution in [1.29, 1.82) is 0 Å². The molecule has 0 radical (unpaired) electrons. The van der Waals surface area contributed by atoms with E-state index in [0.717, 1.165) is 10.9 Å². The lowest BCUT2D eigenvalue weighted by Crippen LogP contribution is -2.25. The molecule has 1 amide bonds. The number of benzene rings is 1. The first-order valence-electron chi connectivity index (χ1n) is 6.17. The first-order chi connectivity index (χ1) is 9.70. The van der Waals surface area contributed by atoms with Crippen molar-refractivity contribution in [2.45, 2.75) is 5.75 Å². The van der Waals surface area contributed by atoms with Crippen molar-refractivity contribution in [3.8, 4) is 0 Å². The lowest BCUT2D eigenvalue weighted by molar-refractivity contribution is -0.118. The van der Waals surface area contributed by atoms with Crippen LogP contribution in [-0.2, 0) is 10.5 Å². The fourth-order valence-electron chi connectivity index (χ4n) is 1.69. The van der Waals surface area contributed by atoms with Gasteiger partial charge in [0.1, 0.15) is 11.6 Å². The van der Waals surface area contributed by atoms with Crippen molar-refractivity contribution in [2.75, 3.05) is 18.0 Å². The van der Waals surface area contributed by atoms with Crippen LogP contribution in [0.4, 0.5) is 5.82 Å². The standard InChI is InChI=1S/C14H16N4OS/c1-2-7-16-13(19)9-20-8-12-17-11-6-4-3-5-10(11)14(15)18-12/h2-6H,1,7-9H2,(H,16,19)(H2,15,17,18). The van der Waals surface area contributed by atoms with Crippen molar-refractivity contribution in [1.82, 2.24) is 15.3 Å². The SMILES string of the molecule is C=CCNC(=O)CSCc1nc(N)c2ccccc2n1. The maximum Gasteiger partial charge on any atom is 0.230 e. The van der Waals surface area contributed by atoms with Crippen LogP contribution in [0.15, 0.2) is 36.9 Å². The number of aromatic nitrogens is 2.